The fraction of sp³-hybridized carbons (Fsp3) is 0.167. The molecule has 0 bridgehead atoms. The third-order valence-electron chi connectivity index (χ3n) is 17.0. The molecular formula is C72H60BN3. The molecule has 0 spiro atoms. The molecule has 0 atom stereocenters. The summed E-state index contributed by atoms with van der Waals surface area (Å²) in [5.41, 5.74) is 23.7. The van der Waals surface area contributed by atoms with Gasteiger partial charge in [-0.3, -0.25) is 0 Å². The predicted molar refractivity (Wildman–Crippen MR) is 327 cm³/mol. The first-order chi connectivity index (χ1) is 38.7. The Kier molecular flexibility index (Phi) is 8.23. The van der Waals surface area contributed by atoms with Crippen LogP contribution in [0.4, 0.5) is 0 Å². The van der Waals surface area contributed by atoms with Crippen LogP contribution in [-0.2, 0) is 16.2 Å². The normalized spacial score (nSPS) is 14.2. The van der Waals surface area contributed by atoms with Crippen molar-refractivity contribution in [2.24, 2.45) is 0 Å². The van der Waals surface area contributed by atoms with Gasteiger partial charge >= 0.3 is 0 Å². The van der Waals surface area contributed by atoms with Gasteiger partial charge in [0.1, 0.15) is 0 Å². The maximum absolute atomic E-state index is 9.14. The number of fused-ring (bicyclic) bond motifs is 14. The second kappa shape index (κ2) is 15.6. The van der Waals surface area contributed by atoms with Gasteiger partial charge in [-0.2, -0.15) is 0 Å². The number of para-hydroxylation sites is 1. The lowest BCUT2D eigenvalue weighted by atomic mass is 9.33. The molecule has 1 N–H and O–H groups in total. The summed E-state index contributed by atoms with van der Waals surface area (Å²) in [5.74, 6) is 0. The van der Waals surface area contributed by atoms with Crippen LogP contribution < -0.4 is 16.4 Å². The van der Waals surface area contributed by atoms with Crippen LogP contribution in [0.25, 0.3) is 121 Å². The summed E-state index contributed by atoms with van der Waals surface area (Å²) >= 11 is 0. The molecule has 0 saturated carbocycles. The molecule has 0 radical (unpaired) electrons. The molecule has 5 heterocycles. The molecule has 15 rings (SSSR count). The smallest absolute Gasteiger partial charge is 0.252 e. The highest BCUT2D eigenvalue weighted by molar-refractivity contribution is 7.00. The fourth-order valence-electron chi connectivity index (χ4n) is 13.2. The highest BCUT2D eigenvalue weighted by atomic mass is 15.0. The summed E-state index contributed by atoms with van der Waals surface area (Å²) in [4.78, 5) is 4.15. The van der Waals surface area contributed by atoms with E-state index in [9.17, 15) is 0 Å². The number of nitrogens with one attached hydrogen (secondary N) is 1. The van der Waals surface area contributed by atoms with Crippen LogP contribution in [0.3, 0.4) is 0 Å². The van der Waals surface area contributed by atoms with Gasteiger partial charge in [0.05, 0.1) is 34.6 Å². The van der Waals surface area contributed by atoms with Gasteiger partial charge in [-0.25, -0.2) is 0 Å². The second-order valence-corrected chi connectivity index (χ2v) is 24.6. The number of benzene rings is 10. The SMILES string of the molecule is [2H]c1c([2H])c([2H])c(-c2ccc3c(c2)c2cc(C(C)(C)C)cc4c2n3-c2c3c(cc5[nH]c6c(-c7ccccc7-c7ccccc7-c7ccccc7)cccc6c25)-n2c5ccc(C(C)(C)C)cc5c5cc(C(C)(C)C)cc(c52)B34)c([2H])c1[2H]. The molecule has 0 saturated heterocycles. The minimum absolute atomic E-state index is 0.0632. The number of aromatic amines is 1. The molecule has 76 heavy (non-hydrogen) atoms. The van der Waals surface area contributed by atoms with Crippen LogP contribution in [0.1, 0.15) is 85.9 Å². The standard InChI is InChI=1S/C72H60BN3/c1-70(2,3)45-32-34-61-55(36-45)57-38-47(72(7,8)9)39-58-67(57)75(61)63-41-60-64(53-30-20-29-52(66(53)74-60)51-28-19-18-27-50(51)49-26-17-16-25-48(49)43-23-14-11-15-24-43)69-65(63)73(58)59-40-46(71(4,5)6)37-56-54-35-44(42-21-12-10-13-22-42)31-33-62(54)76(69)68(56)59/h10-41,74H,1-9H3/i10D,12D,13D,21D,22D. The molecule has 3 nitrogen and oxygen atoms in total. The lowest BCUT2D eigenvalue weighted by molar-refractivity contribution is 0.590. The Hall–Kier alpha value is -8.34. The van der Waals surface area contributed by atoms with Gasteiger partial charge in [0, 0.05) is 54.6 Å². The third kappa shape index (κ3) is 6.37. The monoisotopic (exact) mass is 983 g/mol. The number of rotatable bonds is 4. The van der Waals surface area contributed by atoms with E-state index in [0.29, 0.717) is 5.56 Å². The molecule has 4 heteroatoms. The number of nitrogens with zero attached hydrogens (tertiary/aromatic N) is 2. The van der Waals surface area contributed by atoms with Gasteiger partial charge in [0.15, 0.2) is 0 Å². The van der Waals surface area contributed by atoms with E-state index in [0.717, 1.165) is 71.7 Å². The van der Waals surface area contributed by atoms with Crippen molar-refractivity contribution in [2.45, 2.75) is 78.6 Å². The second-order valence-electron chi connectivity index (χ2n) is 24.6. The van der Waals surface area contributed by atoms with Crippen molar-refractivity contribution in [2.75, 3.05) is 0 Å². The number of hydrogen-bond acceptors (Lipinski definition) is 0. The van der Waals surface area contributed by atoms with E-state index in [2.05, 4.69) is 234 Å². The van der Waals surface area contributed by atoms with Crippen molar-refractivity contribution < 1.29 is 6.85 Å². The zero-order valence-corrected chi connectivity index (χ0v) is 44.6. The Morgan fingerprint density at radius 2 is 0.961 bits per heavy atom. The maximum atomic E-state index is 9.14. The van der Waals surface area contributed by atoms with Crippen molar-refractivity contribution in [3.8, 4) is 55.9 Å². The average Bonchev–Trinajstić information content (AvgIpc) is 4.33. The molecule has 3 aromatic heterocycles. The van der Waals surface area contributed by atoms with Crippen LogP contribution in [0.5, 0.6) is 0 Å². The van der Waals surface area contributed by atoms with E-state index in [1.807, 2.05) is 6.07 Å². The Morgan fingerprint density at radius 3 is 1.62 bits per heavy atom. The highest BCUT2D eigenvalue weighted by Crippen LogP contribution is 2.48. The van der Waals surface area contributed by atoms with Gasteiger partial charge in [0.25, 0.3) is 6.71 Å². The lowest BCUT2D eigenvalue weighted by Gasteiger charge is -2.36. The van der Waals surface area contributed by atoms with Crippen molar-refractivity contribution in [1.82, 2.24) is 14.1 Å². The van der Waals surface area contributed by atoms with E-state index in [-0.39, 0.29) is 52.7 Å². The average molecular weight is 983 g/mol. The van der Waals surface area contributed by atoms with Gasteiger partial charge in [0.2, 0.25) is 0 Å². The summed E-state index contributed by atoms with van der Waals surface area (Å²) in [6, 6.07) is 59.1. The molecular weight excluding hydrogens is 918 g/mol. The van der Waals surface area contributed by atoms with Gasteiger partial charge in [-0.05, 0) is 131 Å². The van der Waals surface area contributed by atoms with Crippen LogP contribution >= 0.6 is 0 Å². The van der Waals surface area contributed by atoms with Crippen molar-refractivity contribution in [3.05, 3.63) is 211 Å². The minimum Gasteiger partial charge on any atom is -0.354 e. The van der Waals surface area contributed by atoms with Crippen molar-refractivity contribution in [1.29, 1.82) is 0 Å². The van der Waals surface area contributed by atoms with E-state index < -0.39 is 6.04 Å². The summed E-state index contributed by atoms with van der Waals surface area (Å²) in [5, 5.41) is 6.80. The van der Waals surface area contributed by atoms with Crippen molar-refractivity contribution in [3.63, 3.8) is 0 Å². The van der Waals surface area contributed by atoms with Gasteiger partial charge < -0.3 is 14.1 Å². The van der Waals surface area contributed by atoms with E-state index in [4.69, 9.17) is 6.85 Å². The van der Waals surface area contributed by atoms with Gasteiger partial charge in [-0.1, -0.05) is 214 Å². The topological polar surface area (TPSA) is 25.6 Å². The van der Waals surface area contributed by atoms with Crippen LogP contribution in [0, 0.1) is 0 Å². The Bertz CT molecular complexity index is 4910. The van der Waals surface area contributed by atoms with E-state index >= 15 is 0 Å². The number of aromatic nitrogens is 3. The zero-order chi connectivity index (χ0) is 56.1. The molecule has 13 aromatic rings. The van der Waals surface area contributed by atoms with E-state index in [1.54, 1.807) is 0 Å². The first-order valence-corrected chi connectivity index (χ1v) is 26.9. The molecule has 0 amide bonds. The Balaban J connectivity index is 1.12. The molecule has 366 valence electrons. The molecule has 10 aromatic carbocycles. The molecule has 2 aliphatic heterocycles. The minimum atomic E-state index is -0.398. The van der Waals surface area contributed by atoms with Crippen LogP contribution in [0.2, 0.25) is 0 Å². The molecule has 0 aliphatic carbocycles. The van der Waals surface area contributed by atoms with Crippen LogP contribution in [0.15, 0.2) is 194 Å². The first-order valence-electron chi connectivity index (χ1n) is 29.4. The number of H-pyrrole nitrogens is 1. The van der Waals surface area contributed by atoms with E-state index in [1.165, 1.54) is 71.6 Å². The molecule has 0 fully saturated rings. The van der Waals surface area contributed by atoms with Gasteiger partial charge in [-0.15, -0.1) is 0 Å². The summed E-state index contributed by atoms with van der Waals surface area (Å²) < 4.78 is 49.3. The van der Waals surface area contributed by atoms with Crippen LogP contribution in [-0.4, -0.2) is 20.8 Å². The Labute approximate surface area is 452 Å². The highest BCUT2D eigenvalue weighted by Gasteiger charge is 2.44. The third-order valence-corrected chi connectivity index (χ3v) is 17.0. The summed E-state index contributed by atoms with van der Waals surface area (Å²) in [7, 11) is 0. The zero-order valence-electron chi connectivity index (χ0n) is 49.6. The summed E-state index contributed by atoms with van der Waals surface area (Å²) in [6.07, 6.45) is 0. The lowest BCUT2D eigenvalue weighted by Crippen LogP contribution is -2.59. The largest absolute Gasteiger partial charge is 0.354 e. The Morgan fingerprint density at radius 1 is 0.421 bits per heavy atom. The fourth-order valence-corrected chi connectivity index (χ4v) is 13.2. The molecule has 2 aliphatic rings. The quantitative estimate of drug-likeness (QED) is 0.170. The molecule has 0 unspecified atom stereocenters. The van der Waals surface area contributed by atoms with Crippen molar-refractivity contribution >= 4 is 88.5 Å². The maximum Gasteiger partial charge on any atom is 0.252 e. The first kappa shape index (κ1) is 40.0. The number of hydrogen-bond donors (Lipinski definition) is 1. The predicted octanol–water partition coefficient (Wildman–Crippen LogP) is 17.2. The summed E-state index contributed by atoms with van der Waals surface area (Å²) in [6.45, 7) is 20.6.